The average molecular weight is 238 g/mol. The standard InChI is InChI=1S/C9H10F3O2P/c1-15(13,14-7-9(10,11)12)8-5-3-2-4-6-8/h2-6H,7H2,1H3. The van der Waals surface area contributed by atoms with E-state index < -0.39 is 20.2 Å². The zero-order valence-electron chi connectivity index (χ0n) is 7.99. The lowest BCUT2D eigenvalue weighted by molar-refractivity contribution is -0.152. The molecule has 0 saturated carbocycles. The van der Waals surface area contributed by atoms with E-state index in [0.29, 0.717) is 0 Å². The Kier molecular flexibility index (Phi) is 3.58. The van der Waals surface area contributed by atoms with Crippen LogP contribution in [0.2, 0.25) is 0 Å². The van der Waals surface area contributed by atoms with Gasteiger partial charge in [-0.05, 0) is 12.1 Å². The van der Waals surface area contributed by atoms with Gasteiger partial charge < -0.3 is 4.52 Å². The van der Waals surface area contributed by atoms with Crippen LogP contribution in [-0.4, -0.2) is 19.4 Å². The first-order valence-corrected chi connectivity index (χ1v) is 6.23. The lowest BCUT2D eigenvalue weighted by atomic mass is 10.4. The van der Waals surface area contributed by atoms with Gasteiger partial charge in [-0.2, -0.15) is 13.2 Å². The van der Waals surface area contributed by atoms with Gasteiger partial charge >= 0.3 is 6.18 Å². The van der Waals surface area contributed by atoms with Crippen molar-refractivity contribution in [3.8, 4) is 0 Å². The second-order valence-corrected chi connectivity index (χ2v) is 5.54. The molecule has 1 aromatic rings. The monoisotopic (exact) mass is 238 g/mol. The molecule has 1 unspecified atom stereocenters. The van der Waals surface area contributed by atoms with E-state index >= 15 is 0 Å². The normalized spacial score (nSPS) is 16.0. The van der Waals surface area contributed by atoms with Gasteiger partial charge in [-0.15, -0.1) is 0 Å². The van der Waals surface area contributed by atoms with Gasteiger partial charge in [0.2, 0.25) is 7.37 Å². The molecule has 0 aliphatic carbocycles. The van der Waals surface area contributed by atoms with E-state index in [9.17, 15) is 17.7 Å². The van der Waals surface area contributed by atoms with Crippen molar-refractivity contribution in [2.45, 2.75) is 6.18 Å². The van der Waals surface area contributed by atoms with Gasteiger partial charge in [-0.1, -0.05) is 18.2 Å². The number of rotatable bonds is 3. The fourth-order valence-electron chi connectivity index (χ4n) is 0.970. The predicted molar refractivity (Wildman–Crippen MR) is 51.6 cm³/mol. The van der Waals surface area contributed by atoms with Crippen LogP contribution in [0.3, 0.4) is 0 Å². The highest BCUT2D eigenvalue weighted by Gasteiger charge is 2.32. The first kappa shape index (κ1) is 12.3. The van der Waals surface area contributed by atoms with Gasteiger partial charge in [0.05, 0.1) is 0 Å². The first-order chi connectivity index (χ1) is 6.81. The molecule has 84 valence electrons. The van der Waals surface area contributed by atoms with Crippen LogP contribution in [0.15, 0.2) is 30.3 Å². The quantitative estimate of drug-likeness (QED) is 0.757. The third kappa shape index (κ3) is 4.06. The van der Waals surface area contributed by atoms with Crippen LogP contribution in [0.4, 0.5) is 13.2 Å². The molecular weight excluding hydrogens is 228 g/mol. The summed E-state index contributed by atoms with van der Waals surface area (Å²) in [6.45, 7) is -0.316. The smallest absolute Gasteiger partial charge is 0.316 e. The largest absolute Gasteiger partial charge is 0.412 e. The summed E-state index contributed by atoms with van der Waals surface area (Å²) in [6.07, 6.45) is -4.46. The van der Waals surface area contributed by atoms with Crippen molar-refractivity contribution >= 4 is 12.7 Å². The highest BCUT2D eigenvalue weighted by Crippen LogP contribution is 2.42. The number of benzene rings is 1. The first-order valence-electron chi connectivity index (χ1n) is 4.16. The third-order valence-corrected chi connectivity index (χ3v) is 3.56. The lowest BCUT2D eigenvalue weighted by Crippen LogP contribution is -2.18. The number of halogens is 3. The zero-order valence-corrected chi connectivity index (χ0v) is 8.89. The highest BCUT2D eigenvalue weighted by atomic mass is 31.2. The van der Waals surface area contributed by atoms with E-state index in [4.69, 9.17) is 0 Å². The molecule has 0 saturated heterocycles. The zero-order chi connectivity index (χ0) is 11.5. The summed E-state index contributed by atoms with van der Waals surface area (Å²) >= 11 is 0. The lowest BCUT2D eigenvalue weighted by Gasteiger charge is -2.15. The Morgan fingerprint density at radius 1 is 1.27 bits per heavy atom. The molecule has 1 rings (SSSR count). The van der Waals surface area contributed by atoms with Gasteiger partial charge in [0.25, 0.3) is 0 Å². The number of hydrogen-bond donors (Lipinski definition) is 0. The van der Waals surface area contributed by atoms with E-state index in [1.807, 2.05) is 0 Å². The van der Waals surface area contributed by atoms with Crippen molar-refractivity contribution in [2.24, 2.45) is 0 Å². The summed E-state index contributed by atoms with van der Waals surface area (Å²) in [6, 6.07) is 7.85. The molecule has 2 nitrogen and oxygen atoms in total. The molecule has 0 aliphatic heterocycles. The molecule has 15 heavy (non-hydrogen) atoms. The van der Waals surface area contributed by atoms with Crippen molar-refractivity contribution in [1.82, 2.24) is 0 Å². The molecule has 1 atom stereocenters. The van der Waals surface area contributed by atoms with Crippen LogP contribution < -0.4 is 5.30 Å². The minimum absolute atomic E-state index is 0.286. The number of alkyl halides is 3. The van der Waals surface area contributed by atoms with Crippen LogP contribution in [0.25, 0.3) is 0 Å². The van der Waals surface area contributed by atoms with Crippen LogP contribution in [0.5, 0.6) is 0 Å². The van der Waals surface area contributed by atoms with Gasteiger partial charge in [-0.3, -0.25) is 4.57 Å². The summed E-state index contributed by atoms with van der Waals surface area (Å²) in [5, 5.41) is 0.286. The van der Waals surface area contributed by atoms with Crippen molar-refractivity contribution in [1.29, 1.82) is 0 Å². The maximum absolute atomic E-state index is 11.9. The molecule has 0 amide bonds. The second kappa shape index (κ2) is 4.37. The molecule has 0 bridgehead atoms. The fourth-order valence-corrected chi connectivity index (χ4v) is 2.23. The van der Waals surface area contributed by atoms with Gasteiger partial charge in [0.15, 0.2) is 6.61 Å². The number of hydrogen-bond acceptors (Lipinski definition) is 2. The molecular formula is C9H10F3O2P. The summed E-state index contributed by atoms with van der Waals surface area (Å²) in [5.74, 6) is 0. The van der Waals surface area contributed by atoms with E-state index in [0.717, 1.165) is 0 Å². The second-order valence-electron chi connectivity index (χ2n) is 3.07. The van der Waals surface area contributed by atoms with Crippen molar-refractivity contribution in [3.05, 3.63) is 30.3 Å². The summed E-state index contributed by atoms with van der Waals surface area (Å²) < 4.78 is 51.7. The summed E-state index contributed by atoms with van der Waals surface area (Å²) in [4.78, 5) is 0. The minimum Gasteiger partial charge on any atom is -0.316 e. The molecule has 0 aromatic heterocycles. The van der Waals surface area contributed by atoms with Crippen LogP contribution in [-0.2, 0) is 9.09 Å². The van der Waals surface area contributed by atoms with E-state index in [-0.39, 0.29) is 5.30 Å². The van der Waals surface area contributed by atoms with Gasteiger partial charge in [0.1, 0.15) is 0 Å². The van der Waals surface area contributed by atoms with Gasteiger partial charge in [0, 0.05) is 12.0 Å². The Balaban J connectivity index is 2.73. The maximum atomic E-state index is 11.9. The van der Waals surface area contributed by atoms with Crippen LogP contribution in [0.1, 0.15) is 0 Å². The predicted octanol–water partition coefficient (Wildman–Crippen LogP) is 2.80. The Hall–Kier alpha value is -0.800. The average Bonchev–Trinajstić information content (AvgIpc) is 2.16. The summed E-state index contributed by atoms with van der Waals surface area (Å²) in [5.41, 5.74) is 0. The maximum Gasteiger partial charge on any atom is 0.412 e. The molecule has 0 spiro atoms. The Morgan fingerprint density at radius 3 is 2.27 bits per heavy atom. The van der Waals surface area contributed by atoms with E-state index in [2.05, 4.69) is 4.52 Å². The molecule has 6 heteroatoms. The summed E-state index contributed by atoms with van der Waals surface area (Å²) in [7, 11) is -3.36. The topological polar surface area (TPSA) is 26.3 Å². The highest BCUT2D eigenvalue weighted by molar-refractivity contribution is 7.66. The minimum atomic E-state index is -4.46. The van der Waals surface area contributed by atoms with E-state index in [1.165, 1.54) is 18.8 Å². The van der Waals surface area contributed by atoms with Crippen LogP contribution in [0, 0.1) is 0 Å². The SMILES string of the molecule is CP(=O)(OCC(F)(F)F)c1ccccc1. The van der Waals surface area contributed by atoms with Crippen molar-refractivity contribution in [2.75, 3.05) is 13.3 Å². The fraction of sp³-hybridized carbons (Fsp3) is 0.333. The molecule has 0 radical (unpaired) electrons. The Morgan fingerprint density at radius 2 is 1.80 bits per heavy atom. The Bertz CT molecular complexity index is 361. The molecule has 0 heterocycles. The van der Waals surface area contributed by atoms with Gasteiger partial charge in [-0.25, -0.2) is 0 Å². The van der Waals surface area contributed by atoms with Crippen LogP contribution >= 0.6 is 7.37 Å². The van der Waals surface area contributed by atoms with Crippen molar-refractivity contribution < 1.29 is 22.3 Å². The molecule has 0 aliphatic rings. The molecule has 0 N–H and O–H groups in total. The molecule has 0 fully saturated rings. The van der Waals surface area contributed by atoms with Crippen molar-refractivity contribution in [3.63, 3.8) is 0 Å². The Labute approximate surface area is 85.5 Å². The van der Waals surface area contributed by atoms with E-state index in [1.54, 1.807) is 18.2 Å². The molecule has 1 aromatic carbocycles. The third-order valence-electron chi connectivity index (χ3n) is 1.70.